The van der Waals surface area contributed by atoms with Crippen LogP contribution in [0.5, 0.6) is 5.75 Å². The Balaban J connectivity index is 1.23. The van der Waals surface area contributed by atoms with E-state index in [2.05, 4.69) is 16.0 Å². The van der Waals surface area contributed by atoms with Crippen LogP contribution >= 0.6 is 0 Å². The van der Waals surface area contributed by atoms with Crippen molar-refractivity contribution < 1.29 is 38.5 Å². The van der Waals surface area contributed by atoms with Crippen molar-refractivity contribution in [3.8, 4) is 5.75 Å². The fourth-order valence-electron chi connectivity index (χ4n) is 5.54. The third kappa shape index (κ3) is 15.1. The lowest BCUT2D eigenvalue weighted by molar-refractivity contribution is -0.145. The first kappa shape index (κ1) is 38.6. The molecular formula is C40H49N3O8. The Labute approximate surface area is 299 Å². The highest BCUT2D eigenvalue weighted by Crippen LogP contribution is 2.17. The van der Waals surface area contributed by atoms with E-state index in [9.17, 15) is 24.3 Å². The number of aliphatic hydroxyl groups is 1. The van der Waals surface area contributed by atoms with Crippen molar-refractivity contribution >= 4 is 23.9 Å². The van der Waals surface area contributed by atoms with E-state index < -0.39 is 24.1 Å². The van der Waals surface area contributed by atoms with E-state index in [4.69, 9.17) is 14.2 Å². The standard InChI is InChI=1S/C40H49N3O8/c44-26-35(24-30-19-21-36(22-20-30)49-27-31-12-4-1-5-13-31)42-37(45)25-33-16-8-3-9-18-38(46)50-29-34(43-39(33)47)17-10-11-23-41-40(48)51-28-32-14-6-2-7-15-32/h1-8,12-15,19-22,33-35,44H,9-11,16-18,23-29H2,(H,41,48)(H,42,45)(H,43,47). The lowest BCUT2D eigenvalue weighted by atomic mass is 9.97. The summed E-state index contributed by atoms with van der Waals surface area (Å²) < 4.78 is 16.5. The van der Waals surface area contributed by atoms with Gasteiger partial charge in [-0.2, -0.15) is 0 Å². The van der Waals surface area contributed by atoms with Crippen LogP contribution in [0.15, 0.2) is 97.1 Å². The molecule has 11 heteroatoms. The number of carbonyl (C=O) groups excluding carboxylic acids is 4. The van der Waals surface area contributed by atoms with Crippen molar-refractivity contribution in [2.45, 2.75) is 76.7 Å². The number of hydrogen-bond acceptors (Lipinski definition) is 8. The minimum absolute atomic E-state index is 0.0163. The lowest BCUT2D eigenvalue weighted by Crippen LogP contribution is -2.45. The van der Waals surface area contributed by atoms with E-state index in [1.807, 2.05) is 97.1 Å². The van der Waals surface area contributed by atoms with Crippen molar-refractivity contribution in [2.24, 2.45) is 5.92 Å². The largest absolute Gasteiger partial charge is 0.489 e. The number of amides is 3. The number of alkyl carbamates (subject to hydrolysis) is 1. The van der Waals surface area contributed by atoms with E-state index in [-0.39, 0.29) is 50.4 Å². The van der Waals surface area contributed by atoms with Gasteiger partial charge >= 0.3 is 12.1 Å². The molecule has 4 rings (SSSR count). The van der Waals surface area contributed by atoms with Crippen LogP contribution in [0.1, 0.15) is 61.6 Å². The molecule has 0 bridgehead atoms. The van der Waals surface area contributed by atoms with Crippen LogP contribution in [0, 0.1) is 5.92 Å². The Morgan fingerprint density at radius 1 is 0.882 bits per heavy atom. The van der Waals surface area contributed by atoms with Gasteiger partial charge < -0.3 is 35.3 Å². The van der Waals surface area contributed by atoms with Gasteiger partial charge in [0, 0.05) is 19.4 Å². The van der Waals surface area contributed by atoms with Gasteiger partial charge in [-0.15, -0.1) is 0 Å². The molecule has 1 heterocycles. The molecule has 4 N–H and O–H groups in total. The number of cyclic esters (lactones) is 1. The molecule has 3 atom stereocenters. The first-order valence-corrected chi connectivity index (χ1v) is 17.6. The van der Waals surface area contributed by atoms with Crippen LogP contribution in [0.25, 0.3) is 0 Å². The van der Waals surface area contributed by atoms with E-state index in [0.29, 0.717) is 51.7 Å². The highest BCUT2D eigenvalue weighted by atomic mass is 16.5. The van der Waals surface area contributed by atoms with Gasteiger partial charge in [0.15, 0.2) is 0 Å². The third-order valence-corrected chi connectivity index (χ3v) is 8.40. The van der Waals surface area contributed by atoms with Crippen molar-refractivity contribution in [3.05, 3.63) is 114 Å². The maximum absolute atomic E-state index is 13.4. The lowest BCUT2D eigenvalue weighted by Gasteiger charge is -2.23. The average Bonchev–Trinajstić information content (AvgIpc) is 3.15. The number of benzene rings is 3. The summed E-state index contributed by atoms with van der Waals surface area (Å²) in [5.74, 6) is -0.933. The van der Waals surface area contributed by atoms with Gasteiger partial charge in [-0.1, -0.05) is 84.9 Å². The summed E-state index contributed by atoms with van der Waals surface area (Å²) in [5.41, 5.74) is 2.88. The summed E-state index contributed by atoms with van der Waals surface area (Å²) in [7, 11) is 0. The maximum atomic E-state index is 13.4. The van der Waals surface area contributed by atoms with Crippen molar-refractivity contribution in [1.29, 1.82) is 0 Å². The Bertz CT molecular complexity index is 1530. The van der Waals surface area contributed by atoms with Gasteiger partial charge in [-0.05, 0) is 67.3 Å². The molecule has 0 aliphatic carbocycles. The van der Waals surface area contributed by atoms with E-state index >= 15 is 0 Å². The monoisotopic (exact) mass is 699 g/mol. The number of nitrogens with one attached hydrogen (secondary N) is 3. The molecule has 0 fully saturated rings. The van der Waals surface area contributed by atoms with Crippen LogP contribution in [0.4, 0.5) is 4.79 Å². The van der Waals surface area contributed by atoms with Crippen LogP contribution < -0.4 is 20.7 Å². The molecule has 0 spiro atoms. The SMILES string of the molecule is O=C(CC1CC=CCCC(=O)OCC(CCCCNC(=O)OCc2ccccc2)NC1=O)NC(CO)Cc1ccc(OCc2ccccc2)cc1. The first-order valence-electron chi connectivity index (χ1n) is 17.6. The summed E-state index contributed by atoms with van der Waals surface area (Å²) in [6.07, 6.45) is 6.26. The second-order valence-corrected chi connectivity index (χ2v) is 12.6. The second-order valence-electron chi connectivity index (χ2n) is 12.6. The highest BCUT2D eigenvalue weighted by molar-refractivity contribution is 5.86. The van der Waals surface area contributed by atoms with Gasteiger partial charge in [0.2, 0.25) is 11.8 Å². The van der Waals surface area contributed by atoms with Crippen molar-refractivity contribution in [2.75, 3.05) is 19.8 Å². The zero-order chi connectivity index (χ0) is 36.1. The van der Waals surface area contributed by atoms with Crippen LogP contribution in [-0.4, -0.2) is 60.8 Å². The van der Waals surface area contributed by atoms with Gasteiger partial charge in [0.1, 0.15) is 25.6 Å². The molecule has 1 aliphatic heterocycles. The van der Waals surface area contributed by atoms with Crippen molar-refractivity contribution in [1.82, 2.24) is 16.0 Å². The zero-order valence-electron chi connectivity index (χ0n) is 29.0. The number of unbranched alkanes of at least 4 members (excludes halogenated alkanes) is 1. The maximum Gasteiger partial charge on any atom is 0.407 e. The van der Waals surface area contributed by atoms with Crippen LogP contribution in [-0.2, 0) is 43.5 Å². The number of carbonyl (C=O) groups is 4. The number of ether oxygens (including phenoxy) is 3. The Hall–Kier alpha value is -5.16. The van der Waals surface area contributed by atoms with Gasteiger partial charge in [-0.25, -0.2) is 4.79 Å². The smallest absolute Gasteiger partial charge is 0.407 e. The van der Waals surface area contributed by atoms with Crippen LogP contribution in [0.2, 0.25) is 0 Å². The molecule has 51 heavy (non-hydrogen) atoms. The molecule has 3 amide bonds. The third-order valence-electron chi connectivity index (χ3n) is 8.40. The molecule has 3 aromatic carbocycles. The molecule has 11 nitrogen and oxygen atoms in total. The van der Waals surface area contributed by atoms with Crippen molar-refractivity contribution in [3.63, 3.8) is 0 Å². The predicted octanol–water partition coefficient (Wildman–Crippen LogP) is 5.16. The molecule has 0 radical (unpaired) electrons. The minimum Gasteiger partial charge on any atom is -0.489 e. The number of aliphatic hydroxyl groups excluding tert-OH is 1. The normalized spacial score (nSPS) is 17.1. The molecule has 3 unspecified atom stereocenters. The van der Waals surface area contributed by atoms with Gasteiger partial charge in [-0.3, -0.25) is 14.4 Å². The van der Waals surface area contributed by atoms with E-state index in [1.54, 1.807) is 0 Å². The molecule has 0 saturated carbocycles. The number of esters is 1. The Kier molecular flexibility index (Phi) is 16.5. The molecule has 0 saturated heterocycles. The molecule has 272 valence electrons. The quantitative estimate of drug-likeness (QED) is 0.0910. The summed E-state index contributed by atoms with van der Waals surface area (Å²) >= 11 is 0. The number of allylic oxidation sites excluding steroid dienone is 2. The summed E-state index contributed by atoms with van der Waals surface area (Å²) in [4.78, 5) is 50.9. The van der Waals surface area contributed by atoms with E-state index in [1.165, 1.54) is 0 Å². The number of rotatable bonds is 16. The number of hydrogen-bond donors (Lipinski definition) is 4. The van der Waals surface area contributed by atoms with Crippen LogP contribution in [0.3, 0.4) is 0 Å². The first-order chi connectivity index (χ1) is 24.9. The zero-order valence-corrected chi connectivity index (χ0v) is 29.0. The molecule has 0 aromatic heterocycles. The Morgan fingerprint density at radius 3 is 2.29 bits per heavy atom. The second kappa shape index (κ2) is 21.8. The predicted molar refractivity (Wildman–Crippen MR) is 192 cm³/mol. The highest BCUT2D eigenvalue weighted by Gasteiger charge is 2.25. The van der Waals surface area contributed by atoms with Gasteiger partial charge in [0.05, 0.1) is 24.6 Å². The Morgan fingerprint density at radius 2 is 1.59 bits per heavy atom. The molecule has 1 aliphatic rings. The fourth-order valence-corrected chi connectivity index (χ4v) is 5.54. The molecule has 3 aromatic rings. The minimum atomic E-state index is -0.652. The van der Waals surface area contributed by atoms with E-state index in [0.717, 1.165) is 22.4 Å². The van der Waals surface area contributed by atoms with Gasteiger partial charge in [0.25, 0.3) is 0 Å². The molecular weight excluding hydrogens is 650 g/mol. The summed E-state index contributed by atoms with van der Waals surface area (Å²) in [5, 5.41) is 18.6. The average molecular weight is 700 g/mol. The summed E-state index contributed by atoms with van der Waals surface area (Å²) in [6, 6.07) is 25.8. The summed E-state index contributed by atoms with van der Waals surface area (Å²) in [6.45, 7) is 0.779. The fraction of sp³-hybridized carbons (Fsp3) is 0.400. The topological polar surface area (TPSA) is 152 Å².